The summed E-state index contributed by atoms with van der Waals surface area (Å²) in [6.07, 6.45) is 4.82. The molecule has 2 fully saturated rings. The third-order valence-corrected chi connectivity index (χ3v) is 7.39. The number of ether oxygens (including phenoxy) is 1. The monoisotopic (exact) mass is 489 g/mol. The summed E-state index contributed by atoms with van der Waals surface area (Å²) in [6.45, 7) is 5.47. The molecule has 0 saturated carbocycles. The molecule has 2 saturated heterocycles. The third-order valence-electron chi connectivity index (χ3n) is 6.80. The van der Waals surface area contributed by atoms with Gasteiger partial charge in [0.05, 0.1) is 6.04 Å². The summed E-state index contributed by atoms with van der Waals surface area (Å²) in [6, 6.07) is 13.0. The Kier molecular flexibility index (Phi) is 8.53. The van der Waals surface area contributed by atoms with Crippen LogP contribution in [-0.2, 0) is 11.2 Å². The zero-order valence-corrected chi connectivity index (χ0v) is 20.5. The molecule has 2 aliphatic heterocycles. The Morgan fingerprint density at radius 2 is 1.79 bits per heavy atom. The van der Waals surface area contributed by atoms with E-state index in [1.54, 1.807) is 12.1 Å². The summed E-state index contributed by atoms with van der Waals surface area (Å²) in [5, 5.41) is 1.12. The molecule has 2 aromatic rings. The lowest BCUT2D eigenvalue weighted by atomic mass is 9.88. The first-order valence-electron chi connectivity index (χ1n) is 11.9. The lowest BCUT2D eigenvalue weighted by Gasteiger charge is -2.34. The van der Waals surface area contributed by atoms with Gasteiger partial charge in [0.2, 0.25) is 5.91 Å². The first-order chi connectivity index (χ1) is 16.0. The van der Waals surface area contributed by atoms with Crippen molar-refractivity contribution in [2.75, 3.05) is 39.3 Å². The van der Waals surface area contributed by atoms with Crippen LogP contribution in [0.1, 0.15) is 42.7 Å². The van der Waals surface area contributed by atoms with Gasteiger partial charge in [-0.3, -0.25) is 9.69 Å². The molecule has 4 rings (SSSR count). The van der Waals surface area contributed by atoms with Crippen LogP contribution in [0, 0.1) is 0 Å². The van der Waals surface area contributed by atoms with Crippen molar-refractivity contribution in [1.29, 1.82) is 0 Å². The number of hydrogen-bond donors (Lipinski definition) is 1. The van der Waals surface area contributed by atoms with Crippen molar-refractivity contribution < 1.29 is 9.53 Å². The highest BCUT2D eigenvalue weighted by Crippen LogP contribution is 2.34. The third kappa shape index (κ3) is 6.42. The summed E-state index contributed by atoms with van der Waals surface area (Å²) in [4.78, 5) is 17.3. The minimum absolute atomic E-state index is 0.0189. The van der Waals surface area contributed by atoms with E-state index in [4.69, 9.17) is 33.7 Å². The van der Waals surface area contributed by atoms with Gasteiger partial charge in [0.15, 0.2) is 0 Å². The summed E-state index contributed by atoms with van der Waals surface area (Å²) in [5.74, 6) is 1.35. The molecule has 5 nitrogen and oxygen atoms in total. The summed E-state index contributed by atoms with van der Waals surface area (Å²) < 4.78 is 6.19. The Labute approximate surface area is 206 Å². The van der Waals surface area contributed by atoms with Crippen LogP contribution in [-0.4, -0.2) is 61.1 Å². The molecule has 1 atom stereocenters. The van der Waals surface area contributed by atoms with Crippen molar-refractivity contribution in [3.63, 3.8) is 0 Å². The molecule has 2 aromatic carbocycles. The molecule has 178 valence electrons. The van der Waals surface area contributed by atoms with Gasteiger partial charge in [-0.2, -0.15) is 0 Å². The van der Waals surface area contributed by atoms with Crippen molar-refractivity contribution in [1.82, 2.24) is 9.80 Å². The fourth-order valence-electron chi connectivity index (χ4n) is 4.90. The normalized spacial score (nSPS) is 18.5. The number of halogens is 2. The largest absolute Gasteiger partial charge is 0.492 e. The molecule has 1 amide bonds. The minimum atomic E-state index is -0.610. The molecule has 0 radical (unpaired) electrons. The van der Waals surface area contributed by atoms with Crippen LogP contribution in [0.25, 0.3) is 0 Å². The first kappa shape index (κ1) is 24.3. The predicted molar refractivity (Wildman–Crippen MR) is 134 cm³/mol. The van der Waals surface area contributed by atoms with Crippen molar-refractivity contribution in [2.45, 2.75) is 44.1 Å². The van der Waals surface area contributed by atoms with Crippen LogP contribution >= 0.6 is 23.2 Å². The maximum atomic E-state index is 13.0. The van der Waals surface area contributed by atoms with E-state index in [9.17, 15) is 4.79 Å². The van der Waals surface area contributed by atoms with Gasteiger partial charge in [0, 0.05) is 29.7 Å². The number of amides is 1. The van der Waals surface area contributed by atoms with E-state index in [0.717, 1.165) is 37.3 Å². The Balaban J connectivity index is 1.29. The number of nitrogens with zero attached hydrogens (tertiary/aromatic N) is 2. The Hall–Kier alpha value is -1.79. The summed E-state index contributed by atoms with van der Waals surface area (Å²) in [5.41, 5.74) is 8.35. The zero-order valence-electron chi connectivity index (χ0n) is 19.0. The number of hydrogen-bond acceptors (Lipinski definition) is 4. The molecule has 0 aliphatic carbocycles. The van der Waals surface area contributed by atoms with Gasteiger partial charge in [-0.1, -0.05) is 47.5 Å². The highest BCUT2D eigenvalue weighted by Gasteiger charge is 2.28. The van der Waals surface area contributed by atoms with E-state index in [0.29, 0.717) is 35.5 Å². The topological polar surface area (TPSA) is 58.8 Å². The maximum absolute atomic E-state index is 13.0. The van der Waals surface area contributed by atoms with Crippen LogP contribution in [0.15, 0.2) is 42.5 Å². The van der Waals surface area contributed by atoms with E-state index >= 15 is 0 Å². The highest BCUT2D eigenvalue weighted by molar-refractivity contribution is 6.35. The number of rotatable bonds is 8. The quantitative estimate of drug-likeness (QED) is 0.581. The fraction of sp³-hybridized carbons (Fsp3) is 0.500. The van der Waals surface area contributed by atoms with Gasteiger partial charge in [-0.05, 0) is 80.4 Å². The number of carbonyl (C=O) groups is 1. The van der Waals surface area contributed by atoms with Crippen molar-refractivity contribution in [2.24, 2.45) is 5.73 Å². The van der Waals surface area contributed by atoms with Crippen LogP contribution in [0.2, 0.25) is 10.0 Å². The molecule has 0 aromatic heterocycles. The number of piperidine rings is 1. The maximum Gasteiger partial charge on any atom is 0.239 e. The smallest absolute Gasteiger partial charge is 0.239 e. The average Bonchev–Trinajstić information content (AvgIpc) is 3.34. The Bertz CT molecular complexity index is 941. The standard InChI is InChI=1S/C26H33Cl2N3O2/c27-21-8-7-20(23(28)18-21)17-24(29)26(32)31-13-9-19(10-14-31)22-5-1-2-6-25(22)33-16-15-30-11-3-4-12-30/h1-2,5-8,18-19,24H,3-4,9-17,29H2/t24-/m1/s1. The second-order valence-electron chi connectivity index (χ2n) is 9.08. The van der Waals surface area contributed by atoms with Gasteiger partial charge in [-0.25, -0.2) is 0 Å². The SMILES string of the molecule is N[C@H](Cc1ccc(Cl)cc1Cl)C(=O)N1CCC(c2ccccc2OCCN2CCCC2)CC1. The van der Waals surface area contributed by atoms with Crippen molar-refractivity contribution >= 4 is 29.1 Å². The van der Waals surface area contributed by atoms with E-state index < -0.39 is 6.04 Å². The molecule has 7 heteroatoms. The molecule has 2 heterocycles. The van der Waals surface area contributed by atoms with Crippen LogP contribution in [0.5, 0.6) is 5.75 Å². The second-order valence-corrected chi connectivity index (χ2v) is 9.92. The Morgan fingerprint density at radius 1 is 1.06 bits per heavy atom. The van der Waals surface area contributed by atoms with E-state index in [-0.39, 0.29) is 5.91 Å². The van der Waals surface area contributed by atoms with Gasteiger partial charge >= 0.3 is 0 Å². The van der Waals surface area contributed by atoms with Gasteiger partial charge in [0.25, 0.3) is 0 Å². The summed E-state index contributed by atoms with van der Waals surface area (Å²) in [7, 11) is 0. The molecule has 2 N–H and O–H groups in total. The molecule has 2 aliphatic rings. The molecule has 33 heavy (non-hydrogen) atoms. The van der Waals surface area contributed by atoms with Gasteiger partial charge in [0.1, 0.15) is 12.4 Å². The number of carbonyl (C=O) groups excluding carboxylic acids is 1. The number of para-hydroxylation sites is 1. The lowest BCUT2D eigenvalue weighted by molar-refractivity contribution is -0.133. The predicted octanol–water partition coefficient (Wildman–Crippen LogP) is 4.74. The number of nitrogens with two attached hydrogens (primary N) is 1. The van der Waals surface area contributed by atoms with Crippen molar-refractivity contribution in [3.05, 3.63) is 63.6 Å². The number of likely N-dealkylation sites (tertiary alicyclic amines) is 2. The first-order valence-corrected chi connectivity index (χ1v) is 12.7. The molecular formula is C26H33Cl2N3O2. The van der Waals surface area contributed by atoms with Crippen molar-refractivity contribution in [3.8, 4) is 5.75 Å². The van der Waals surface area contributed by atoms with Gasteiger partial charge < -0.3 is 15.4 Å². The van der Waals surface area contributed by atoms with Gasteiger partial charge in [-0.15, -0.1) is 0 Å². The van der Waals surface area contributed by atoms with Crippen LogP contribution in [0.3, 0.4) is 0 Å². The Morgan fingerprint density at radius 3 is 2.52 bits per heavy atom. The highest BCUT2D eigenvalue weighted by atomic mass is 35.5. The molecule has 0 spiro atoms. The second kappa shape index (κ2) is 11.6. The fourth-order valence-corrected chi connectivity index (χ4v) is 5.38. The summed E-state index contributed by atoms with van der Waals surface area (Å²) >= 11 is 12.2. The zero-order chi connectivity index (χ0) is 23.2. The molecule has 0 bridgehead atoms. The van der Waals surface area contributed by atoms with E-state index in [2.05, 4.69) is 23.1 Å². The molecular weight excluding hydrogens is 457 g/mol. The number of benzene rings is 2. The average molecular weight is 490 g/mol. The van der Waals surface area contributed by atoms with E-state index in [1.807, 2.05) is 17.0 Å². The van der Waals surface area contributed by atoms with Crippen LogP contribution < -0.4 is 10.5 Å². The van der Waals surface area contributed by atoms with E-state index in [1.165, 1.54) is 31.5 Å². The lowest BCUT2D eigenvalue weighted by Crippen LogP contribution is -2.47. The molecule has 0 unspecified atom stereocenters. The minimum Gasteiger partial charge on any atom is -0.492 e. The van der Waals surface area contributed by atoms with Crippen LogP contribution in [0.4, 0.5) is 0 Å².